The molecule has 1 saturated heterocycles. The minimum Gasteiger partial charge on any atom is -0.383 e. The van der Waals surface area contributed by atoms with Crippen LogP contribution in [0.25, 0.3) is 6.08 Å². The van der Waals surface area contributed by atoms with Gasteiger partial charge in [-0.15, -0.1) is 0 Å². The zero-order chi connectivity index (χ0) is 17.6. The van der Waals surface area contributed by atoms with E-state index in [-0.39, 0.29) is 23.6 Å². The first-order valence-electron chi connectivity index (χ1n) is 7.91. The van der Waals surface area contributed by atoms with Crippen LogP contribution in [-0.2, 0) is 14.6 Å². The standard InChI is InChI=1S/C17H24N2O4S/c1-14-5-3-4-6-15(14)7-9-18-17(20)19(10-11-23-2)16-8-12-24(21,22)13-16/h3-7,9,16H,8,10-13H2,1-2H3,(H,18,20)/b9-7+. The molecule has 132 valence electrons. The van der Waals surface area contributed by atoms with Crippen molar-refractivity contribution in [3.05, 3.63) is 41.6 Å². The number of benzene rings is 1. The van der Waals surface area contributed by atoms with Crippen LogP contribution in [0.4, 0.5) is 4.79 Å². The monoisotopic (exact) mass is 352 g/mol. The van der Waals surface area contributed by atoms with E-state index < -0.39 is 9.84 Å². The zero-order valence-electron chi connectivity index (χ0n) is 14.1. The van der Waals surface area contributed by atoms with Crippen molar-refractivity contribution in [1.82, 2.24) is 10.2 Å². The minimum absolute atomic E-state index is 0.0195. The Balaban J connectivity index is 2.01. The molecule has 0 bridgehead atoms. The summed E-state index contributed by atoms with van der Waals surface area (Å²) in [6.45, 7) is 2.72. The number of methoxy groups -OCH3 is 1. The Morgan fingerprint density at radius 3 is 2.79 bits per heavy atom. The van der Waals surface area contributed by atoms with E-state index in [0.29, 0.717) is 19.6 Å². The third kappa shape index (κ3) is 5.07. The molecule has 1 aromatic carbocycles. The molecular weight excluding hydrogens is 328 g/mol. The molecule has 0 spiro atoms. The van der Waals surface area contributed by atoms with Gasteiger partial charge in [-0.05, 0) is 30.5 Å². The fourth-order valence-corrected chi connectivity index (χ4v) is 4.45. The first-order chi connectivity index (χ1) is 11.4. The van der Waals surface area contributed by atoms with Crippen LogP contribution in [0.2, 0.25) is 0 Å². The van der Waals surface area contributed by atoms with Gasteiger partial charge < -0.3 is 15.0 Å². The highest BCUT2D eigenvalue weighted by Crippen LogP contribution is 2.18. The summed E-state index contributed by atoms with van der Waals surface area (Å²) in [7, 11) is -1.49. The van der Waals surface area contributed by atoms with Crippen LogP contribution in [0.1, 0.15) is 17.5 Å². The van der Waals surface area contributed by atoms with Gasteiger partial charge >= 0.3 is 6.03 Å². The summed E-state index contributed by atoms with van der Waals surface area (Å²) < 4.78 is 28.4. The van der Waals surface area contributed by atoms with Gasteiger partial charge in [-0.3, -0.25) is 0 Å². The molecule has 0 radical (unpaired) electrons. The van der Waals surface area contributed by atoms with E-state index in [1.165, 1.54) is 0 Å². The minimum atomic E-state index is -3.05. The first-order valence-corrected chi connectivity index (χ1v) is 9.74. The van der Waals surface area contributed by atoms with Gasteiger partial charge in [-0.1, -0.05) is 24.3 Å². The van der Waals surface area contributed by atoms with Gasteiger partial charge in [-0.2, -0.15) is 0 Å². The van der Waals surface area contributed by atoms with E-state index in [4.69, 9.17) is 4.74 Å². The van der Waals surface area contributed by atoms with Crippen LogP contribution < -0.4 is 5.32 Å². The van der Waals surface area contributed by atoms with Crippen molar-refractivity contribution >= 4 is 21.9 Å². The van der Waals surface area contributed by atoms with Gasteiger partial charge in [0.05, 0.1) is 18.1 Å². The van der Waals surface area contributed by atoms with Crippen molar-refractivity contribution in [3.8, 4) is 0 Å². The number of ether oxygens (including phenoxy) is 1. The van der Waals surface area contributed by atoms with Gasteiger partial charge in [0, 0.05) is 25.9 Å². The summed E-state index contributed by atoms with van der Waals surface area (Å²) >= 11 is 0. The maximum Gasteiger partial charge on any atom is 0.321 e. The predicted octanol–water partition coefficient (Wildman–Crippen LogP) is 1.81. The number of carbonyl (C=O) groups is 1. The molecule has 2 amide bonds. The van der Waals surface area contributed by atoms with Crippen LogP contribution in [0.5, 0.6) is 0 Å². The summed E-state index contributed by atoms with van der Waals surface area (Å²) in [6, 6.07) is 7.25. The Morgan fingerprint density at radius 2 is 2.17 bits per heavy atom. The molecule has 1 unspecified atom stereocenters. The van der Waals surface area contributed by atoms with Crippen LogP contribution >= 0.6 is 0 Å². The Hall–Kier alpha value is -1.86. The largest absolute Gasteiger partial charge is 0.383 e. The van der Waals surface area contributed by atoms with E-state index in [1.54, 1.807) is 18.2 Å². The summed E-state index contributed by atoms with van der Waals surface area (Å²) in [5, 5.41) is 2.73. The molecular formula is C17H24N2O4S. The summed E-state index contributed by atoms with van der Waals surface area (Å²) in [5.41, 5.74) is 2.13. The van der Waals surface area contributed by atoms with Crippen LogP contribution in [0.3, 0.4) is 0 Å². The van der Waals surface area contributed by atoms with Gasteiger partial charge in [0.2, 0.25) is 0 Å². The summed E-state index contributed by atoms with van der Waals surface area (Å²) in [6.07, 6.45) is 3.89. The van der Waals surface area contributed by atoms with Crippen molar-refractivity contribution in [2.75, 3.05) is 31.8 Å². The smallest absolute Gasteiger partial charge is 0.321 e. The second-order valence-electron chi connectivity index (χ2n) is 5.88. The van der Waals surface area contributed by atoms with Gasteiger partial charge in [-0.25, -0.2) is 13.2 Å². The third-order valence-electron chi connectivity index (χ3n) is 4.10. The molecule has 0 aliphatic carbocycles. The number of hydrogen-bond donors (Lipinski definition) is 1. The molecule has 1 fully saturated rings. The Labute approximate surface area is 143 Å². The summed E-state index contributed by atoms with van der Waals surface area (Å²) in [5.74, 6) is 0.152. The highest BCUT2D eigenvalue weighted by molar-refractivity contribution is 7.91. The molecule has 2 rings (SSSR count). The van der Waals surface area contributed by atoms with E-state index in [2.05, 4.69) is 5.32 Å². The highest BCUT2D eigenvalue weighted by atomic mass is 32.2. The van der Waals surface area contributed by atoms with Gasteiger partial charge in [0.25, 0.3) is 0 Å². The molecule has 1 aliphatic heterocycles. The zero-order valence-corrected chi connectivity index (χ0v) is 14.9. The quantitative estimate of drug-likeness (QED) is 0.847. The van der Waals surface area contributed by atoms with Gasteiger partial charge in [0.15, 0.2) is 9.84 Å². The van der Waals surface area contributed by atoms with Crippen LogP contribution in [0.15, 0.2) is 30.5 Å². The molecule has 1 heterocycles. The molecule has 1 atom stereocenters. The lowest BCUT2D eigenvalue weighted by Gasteiger charge is -2.27. The topological polar surface area (TPSA) is 75.7 Å². The second kappa shape index (κ2) is 8.30. The highest BCUT2D eigenvalue weighted by Gasteiger charge is 2.34. The molecule has 1 aromatic rings. The van der Waals surface area contributed by atoms with Gasteiger partial charge in [0.1, 0.15) is 0 Å². The van der Waals surface area contributed by atoms with E-state index >= 15 is 0 Å². The number of aryl methyl sites for hydroxylation is 1. The van der Waals surface area contributed by atoms with E-state index in [1.807, 2.05) is 37.3 Å². The predicted molar refractivity (Wildman–Crippen MR) is 94.4 cm³/mol. The number of sulfone groups is 1. The number of carbonyl (C=O) groups excluding carboxylic acids is 1. The maximum absolute atomic E-state index is 12.4. The first kappa shape index (κ1) is 18.5. The fourth-order valence-electron chi connectivity index (χ4n) is 2.72. The molecule has 6 nitrogen and oxygen atoms in total. The maximum atomic E-state index is 12.4. The molecule has 7 heteroatoms. The average Bonchev–Trinajstić information content (AvgIpc) is 2.89. The molecule has 1 aliphatic rings. The number of nitrogens with one attached hydrogen (secondary N) is 1. The molecule has 0 saturated carbocycles. The SMILES string of the molecule is COCCN(C(=O)N/C=C/c1ccccc1C)C1CCS(=O)(=O)C1. The summed E-state index contributed by atoms with van der Waals surface area (Å²) in [4.78, 5) is 14.0. The Morgan fingerprint density at radius 1 is 1.42 bits per heavy atom. The van der Waals surface area contributed by atoms with Crippen molar-refractivity contribution in [2.45, 2.75) is 19.4 Å². The number of amides is 2. The second-order valence-corrected chi connectivity index (χ2v) is 8.11. The normalized spacial score (nSPS) is 19.5. The number of hydrogen-bond acceptors (Lipinski definition) is 4. The number of nitrogens with zero attached hydrogens (tertiary/aromatic N) is 1. The fraction of sp³-hybridized carbons (Fsp3) is 0.471. The van der Waals surface area contributed by atoms with Crippen molar-refractivity contribution in [3.63, 3.8) is 0 Å². The van der Waals surface area contributed by atoms with Crippen molar-refractivity contribution in [2.24, 2.45) is 0 Å². The average molecular weight is 352 g/mol. The Kier molecular flexibility index (Phi) is 6.39. The third-order valence-corrected chi connectivity index (χ3v) is 5.85. The lowest BCUT2D eigenvalue weighted by Crippen LogP contribution is -2.46. The number of rotatable bonds is 6. The van der Waals surface area contributed by atoms with Crippen LogP contribution in [0, 0.1) is 6.92 Å². The lowest BCUT2D eigenvalue weighted by molar-refractivity contribution is 0.135. The molecule has 1 N–H and O–H groups in total. The molecule has 24 heavy (non-hydrogen) atoms. The van der Waals surface area contributed by atoms with Crippen molar-refractivity contribution in [1.29, 1.82) is 0 Å². The van der Waals surface area contributed by atoms with Crippen molar-refractivity contribution < 1.29 is 17.9 Å². The molecule has 0 aromatic heterocycles. The lowest BCUT2D eigenvalue weighted by atomic mass is 10.1. The number of urea groups is 1. The van der Waals surface area contributed by atoms with E-state index in [9.17, 15) is 13.2 Å². The Bertz CT molecular complexity index is 700. The van der Waals surface area contributed by atoms with E-state index in [0.717, 1.165) is 11.1 Å². The van der Waals surface area contributed by atoms with Crippen LogP contribution in [-0.4, -0.2) is 57.2 Å².